The maximum atomic E-state index is 13.5. The number of nitrogens with one attached hydrogen (secondary N) is 1. The molecule has 2 aromatic carbocycles. The standard InChI is InChI=1S/C15H15FN2O3/c1-21-12-6-7-15(18(19)20)14(10-12)17-9-8-11-4-2-3-5-13(11)16/h2-7,10,17H,8-9H2,1H3. The van der Waals surface area contributed by atoms with Crippen LogP contribution in [0.15, 0.2) is 42.5 Å². The van der Waals surface area contributed by atoms with Gasteiger partial charge in [0, 0.05) is 18.7 Å². The zero-order chi connectivity index (χ0) is 15.2. The fraction of sp³-hybridized carbons (Fsp3) is 0.200. The lowest BCUT2D eigenvalue weighted by Crippen LogP contribution is -2.08. The van der Waals surface area contributed by atoms with E-state index in [4.69, 9.17) is 4.74 Å². The van der Waals surface area contributed by atoms with Crippen molar-refractivity contribution >= 4 is 11.4 Å². The van der Waals surface area contributed by atoms with Gasteiger partial charge in [-0.05, 0) is 24.1 Å². The fourth-order valence-electron chi connectivity index (χ4n) is 1.98. The van der Waals surface area contributed by atoms with Crippen molar-refractivity contribution in [1.29, 1.82) is 0 Å². The number of hydrogen-bond donors (Lipinski definition) is 1. The van der Waals surface area contributed by atoms with Gasteiger partial charge >= 0.3 is 0 Å². The number of hydrogen-bond acceptors (Lipinski definition) is 4. The van der Waals surface area contributed by atoms with Crippen LogP contribution in [-0.4, -0.2) is 18.6 Å². The third-order valence-corrected chi connectivity index (χ3v) is 3.07. The maximum absolute atomic E-state index is 13.5. The second kappa shape index (κ2) is 6.69. The molecule has 0 fully saturated rings. The van der Waals surface area contributed by atoms with E-state index in [9.17, 15) is 14.5 Å². The van der Waals surface area contributed by atoms with Gasteiger partial charge in [-0.25, -0.2) is 4.39 Å². The van der Waals surface area contributed by atoms with Gasteiger partial charge in [0.1, 0.15) is 17.3 Å². The second-order valence-corrected chi connectivity index (χ2v) is 4.41. The Bertz CT molecular complexity index is 647. The van der Waals surface area contributed by atoms with Crippen LogP contribution in [0.4, 0.5) is 15.8 Å². The first-order valence-corrected chi connectivity index (χ1v) is 6.41. The van der Waals surface area contributed by atoms with Crippen molar-refractivity contribution in [2.75, 3.05) is 19.0 Å². The van der Waals surface area contributed by atoms with E-state index in [2.05, 4.69) is 5.32 Å². The summed E-state index contributed by atoms with van der Waals surface area (Å²) >= 11 is 0. The average molecular weight is 290 g/mol. The number of methoxy groups -OCH3 is 1. The molecule has 0 aliphatic rings. The zero-order valence-corrected chi connectivity index (χ0v) is 11.5. The number of anilines is 1. The minimum absolute atomic E-state index is 0.0377. The van der Waals surface area contributed by atoms with Crippen molar-refractivity contribution < 1.29 is 14.1 Å². The number of benzene rings is 2. The molecule has 0 bridgehead atoms. The summed E-state index contributed by atoms with van der Waals surface area (Å²) in [4.78, 5) is 10.5. The second-order valence-electron chi connectivity index (χ2n) is 4.41. The van der Waals surface area contributed by atoms with Crippen LogP contribution in [0.1, 0.15) is 5.56 Å². The van der Waals surface area contributed by atoms with Crippen LogP contribution in [-0.2, 0) is 6.42 Å². The molecule has 0 amide bonds. The molecule has 0 saturated carbocycles. The van der Waals surface area contributed by atoms with Gasteiger partial charge in [0.15, 0.2) is 0 Å². The summed E-state index contributed by atoms with van der Waals surface area (Å²) in [5, 5.41) is 13.9. The Morgan fingerprint density at radius 3 is 2.71 bits per heavy atom. The normalized spacial score (nSPS) is 10.2. The third-order valence-electron chi connectivity index (χ3n) is 3.07. The highest BCUT2D eigenvalue weighted by Crippen LogP contribution is 2.28. The Morgan fingerprint density at radius 1 is 1.29 bits per heavy atom. The molecule has 2 rings (SSSR count). The van der Waals surface area contributed by atoms with Crippen LogP contribution >= 0.6 is 0 Å². The topological polar surface area (TPSA) is 64.4 Å². The molecule has 0 unspecified atom stereocenters. The molecule has 2 aromatic rings. The van der Waals surface area contributed by atoms with Crippen molar-refractivity contribution in [3.8, 4) is 5.75 Å². The fourth-order valence-corrected chi connectivity index (χ4v) is 1.98. The molecule has 1 N–H and O–H groups in total. The molecule has 0 heterocycles. The van der Waals surface area contributed by atoms with E-state index >= 15 is 0 Å². The highest BCUT2D eigenvalue weighted by atomic mass is 19.1. The number of nitro benzene ring substituents is 1. The lowest BCUT2D eigenvalue weighted by Gasteiger charge is -2.09. The number of halogens is 1. The Balaban J connectivity index is 2.08. The van der Waals surface area contributed by atoms with Gasteiger partial charge in [-0.2, -0.15) is 0 Å². The van der Waals surface area contributed by atoms with Crippen molar-refractivity contribution in [3.63, 3.8) is 0 Å². The molecule has 110 valence electrons. The predicted molar refractivity (Wildman–Crippen MR) is 78.2 cm³/mol. The Hall–Kier alpha value is -2.63. The lowest BCUT2D eigenvalue weighted by molar-refractivity contribution is -0.384. The highest BCUT2D eigenvalue weighted by Gasteiger charge is 2.14. The molecular weight excluding hydrogens is 275 g/mol. The van der Waals surface area contributed by atoms with Crippen molar-refractivity contribution in [2.45, 2.75) is 6.42 Å². The molecule has 5 nitrogen and oxygen atoms in total. The minimum Gasteiger partial charge on any atom is -0.497 e. The molecule has 0 saturated heterocycles. The number of ether oxygens (including phenoxy) is 1. The summed E-state index contributed by atoms with van der Waals surface area (Å²) in [5.74, 6) is 0.244. The van der Waals surface area contributed by atoms with Crippen LogP contribution < -0.4 is 10.1 Å². The first-order chi connectivity index (χ1) is 10.1. The van der Waals surface area contributed by atoms with E-state index in [1.54, 1.807) is 24.3 Å². The molecule has 0 aliphatic carbocycles. The van der Waals surface area contributed by atoms with E-state index in [0.29, 0.717) is 30.0 Å². The van der Waals surface area contributed by atoms with Gasteiger partial charge < -0.3 is 10.1 Å². The average Bonchev–Trinajstić information content (AvgIpc) is 2.48. The van der Waals surface area contributed by atoms with E-state index in [0.717, 1.165) is 0 Å². The number of rotatable bonds is 6. The first kappa shape index (κ1) is 14.8. The van der Waals surface area contributed by atoms with E-state index in [-0.39, 0.29) is 11.5 Å². The van der Waals surface area contributed by atoms with Gasteiger partial charge in [-0.15, -0.1) is 0 Å². The van der Waals surface area contributed by atoms with Crippen molar-refractivity contribution in [2.24, 2.45) is 0 Å². The van der Waals surface area contributed by atoms with Gasteiger partial charge in [0.2, 0.25) is 0 Å². The molecule has 0 spiro atoms. The Morgan fingerprint density at radius 2 is 2.05 bits per heavy atom. The number of nitrogens with zero attached hydrogens (tertiary/aromatic N) is 1. The first-order valence-electron chi connectivity index (χ1n) is 6.41. The van der Waals surface area contributed by atoms with Gasteiger partial charge in [0.05, 0.1) is 12.0 Å². The van der Waals surface area contributed by atoms with Gasteiger partial charge in [0.25, 0.3) is 5.69 Å². The summed E-state index contributed by atoms with van der Waals surface area (Å²) in [6.45, 7) is 0.384. The van der Waals surface area contributed by atoms with Crippen LogP contribution in [0.5, 0.6) is 5.75 Å². The molecular formula is C15H15FN2O3. The predicted octanol–water partition coefficient (Wildman–Crippen LogP) is 3.40. The van der Waals surface area contributed by atoms with Crippen molar-refractivity contribution in [1.82, 2.24) is 0 Å². The minimum atomic E-state index is -0.467. The molecule has 0 aromatic heterocycles. The number of nitro groups is 1. The quantitative estimate of drug-likeness (QED) is 0.654. The Labute approximate surface area is 121 Å². The SMILES string of the molecule is COc1ccc([N+](=O)[O-])c(NCCc2ccccc2F)c1. The third kappa shape index (κ3) is 3.68. The van der Waals surface area contributed by atoms with E-state index in [1.807, 2.05) is 0 Å². The molecule has 21 heavy (non-hydrogen) atoms. The summed E-state index contributed by atoms with van der Waals surface area (Å²) in [7, 11) is 1.49. The van der Waals surface area contributed by atoms with Crippen molar-refractivity contribution in [3.05, 3.63) is 64.0 Å². The van der Waals surface area contributed by atoms with E-state index in [1.165, 1.54) is 25.3 Å². The summed E-state index contributed by atoms with van der Waals surface area (Å²) in [6, 6.07) is 10.9. The van der Waals surface area contributed by atoms with Gasteiger partial charge in [-0.1, -0.05) is 18.2 Å². The molecule has 0 atom stereocenters. The maximum Gasteiger partial charge on any atom is 0.292 e. The lowest BCUT2D eigenvalue weighted by atomic mass is 10.1. The smallest absolute Gasteiger partial charge is 0.292 e. The Kier molecular flexibility index (Phi) is 4.71. The molecule has 0 radical (unpaired) electrons. The van der Waals surface area contributed by atoms with Crippen LogP contribution in [0.2, 0.25) is 0 Å². The van der Waals surface area contributed by atoms with Gasteiger partial charge in [-0.3, -0.25) is 10.1 Å². The largest absolute Gasteiger partial charge is 0.497 e. The monoisotopic (exact) mass is 290 g/mol. The van der Waals surface area contributed by atoms with Crippen LogP contribution in [0.25, 0.3) is 0 Å². The summed E-state index contributed by atoms with van der Waals surface area (Å²) < 4.78 is 18.5. The van der Waals surface area contributed by atoms with Crippen LogP contribution in [0, 0.1) is 15.9 Å². The van der Waals surface area contributed by atoms with Crippen LogP contribution in [0.3, 0.4) is 0 Å². The summed E-state index contributed by atoms with van der Waals surface area (Å²) in [5.41, 5.74) is 0.885. The highest BCUT2D eigenvalue weighted by molar-refractivity contribution is 5.64. The van der Waals surface area contributed by atoms with E-state index < -0.39 is 4.92 Å². The molecule has 6 heteroatoms. The summed E-state index contributed by atoms with van der Waals surface area (Å²) in [6.07, 6.45) is 0.432. The molecule has 0 aliphatic heterocycles. The zero-order valence-electron chi connectivity index (χ0n) is 11.5.